The van der Waals surface area contributed by atoms with Crippen molar-refractivity contribution in [1.82, 2.24) is 0 Å². The van der Waals surface area contributed by atoms with Crippen LogP contribution in [0.2, 0.25) is 0 Å². The maximum atomic E-state index is 11.7. The molecule has 2 aromatic rings. The van der Waals surface area contributed by atoms with Crippen LogP contribution in [0, 0.1) is 0 Å². The van der Waals surface area contributed by atoms with Crippen molar-refractivity contribution in [3.05, 3.63) is 54.1 Å². The first-order valence-corrected chi connectivity index (χ1v) is 5.40. The highest BCUT2D eigenvalue weighted by atomic mass is 16.5. The van der Waals surface area contributed by atoms with Gasteiger partial charge in [-0.3, -0.25) is 4.79 Å². The summed E-state index contributed by atoms with van der Waals surface area (Å²) in [4.78, 5) is 21.9. The summed E-state index contributed by atoms with van der Waals surface area (Å²) < 4.78 is 9.72. The second kappa shape index (κ2) is 5.68. The molecule has 0 amide bonds. The van der Waals surface area contributed by atoms with Crippen LogP contribution < -0.4 is 9.47 Å². The molecule has 0 heterocycles. The SMILES string of the molecule is O=COc1ccc(OC(=O)c2ccc(O)cc2)cc1. The summed E-state index contributed by atoms with van der Waals surface area (Å²) in [6, 6.07) is 11.8. The van der Waals surface area contributed by atoms with Crippen LogP contribution in [0.5, 0.6) is 17.2 Å². The lowest BCUT2D eigenvalue weighted by Gasteiger charge is -2.05. The highest BCUT2D eigenvalue weighted by Crippen LogP contribution is 2.19. The Bertz CT molecular complexity index is 572. The first-order valence-electron chi connectivity index (χ1n) is 5.40. The van der Waals surface area contributed by atoms with Crippen molar-refractivity contribution in [2.45, 2.75) is 0 Å². The molecule has 0 aliphatic rings. The van der Waals surface area contributed by atoms with Crippen LogP contribution in [0.1, 0.15) is 10.4 Å². The Balaban J connectivity index is 2.06. The van der Waals surface area contributed by atoms with Gasteiger partial charge < -0.3 is 14.6 Å². The lowest BCUT2D eigenvalue weighted by molar-refractivity contribution is -0.120. The normalized spacial score (nSPS) is 9.68. The molecule has 0 aliphatic heterocycles. The van der Waals surface area contributed by atoms with Crippen LogP contribution in [0.3, 0.4) is 0 Å². The van der Waals surface area contributed by atoms with Gasteiger partial charge in [-0.25, -0.2) is 4.79 Å². The van der Waals surface area contributed by atoms with Crippen molar-refractivity contribution in [3.63, 3.8) is 0 Å². The van der Waals surface area contributed by atoms with Gasteiger partial charge in [0.2, 0.25) is 0 Å². The van der Waals surface area contributed by atoms with Crippen molar-refractivity contribution < 1.29 is 24.2 Å². The zero-order valence-corrected chi connectivity index (χ0v) is 9.78. The molecule has 0 saturated heterocycles. The molecule has 2 rings (SSSR count). The Labute approximate surface area is 109 Å². The third-order valence-corrected chi connectivity index (χ3v) is 2.32. The number of phenols is 1. The van der Waals surface area contributed by atoms with E-state index in [0.29, 0.717) is 23.5 Å². The molecule has 0 fully saturated rings. The Morgan fingerprint density at radius 1 is 0.947 bits per heavy atom. The number of esters is 1. The second-order valence-corrected chi connectivity index (χ2v) is 3.62. The fraction of sp³-hybridized carbons (Fsp3) is 0. The number of ether oxygens (including phenoxy) is 2. The van der Waals surface area contributed by atoms with Crippen molar-refractivity contribution in [1.29, 1.82) is 0 Å². The van der Waals surface area contributed by atoms with Crippen LogP contribution in [0.15, 0.2) is 48.5 Å². The van der Waals surface area contributed by atoms with Crippen LogP contribution >= 0.6 is 0 Å². The van der Waals surface area contributed by atoms with E-state index in [0.717, 1.165) is 0 Å². The van der Waals surface area contributed by atoms with Crippen LogP contribution in [0.25, 0.3) is 0 Å². The molecule has 0 spiro atoms. The minimum Gasteiger partial charge on any atom is -0.508 e. The van der Waals surface area contributed by atoms with Gasteiger partial charge in [-0.15, -0.1) is 0 Å². The van der Waals surface area contributed by atoms with E-state index in [1.807, 2.05) is 0 Å². The highest BCUT2D eigenvalue weighted by Gasteiger charge is 2.08. The number of carbonyl (C=O) groups excluding carboxylic acids is 2. The smallest absolute Gasteiger partial charge is 0.343 e. The molecule has 1 N–H and O–H groups in total. The number of hydrogen-bond acceptors (Lipinski definition) is 5. The average Bonchev–Trinajstić information content (AvgIpc) is 2.42. The monoisotopic (exact) mass is 258 g/mol. The molecule has 0 unspecified atom stereocenters. The summed E-state index contributed by atoms with van der Waals surface area (Å²) in [6.07, 6.45) is 0. The van der Waals surface area contributed by atoms with Gasteiger partial charge in [0.1, 0.15) is 17.2 Å². The highest BCUT2D eigenvalue weighted by molar-refractivity contribution is 5.91. The minimum atomic E-state index is -0.538. The van der Waals surface area contributed by atoms with Crippen molar-refractivity contribution in [2.75, 3.05) is 0 Å². The standard InChI is InChI=1S/C14H10O5/c15-9-18-12-5-7-13(8-6-12)19-14(17)10-1-3-11(16)4-2-10/h1-9,16H. The zero-order valence-electron chi connectivity index (χ0n) is 9.78. The van der Waals surface area contributed by atoms with Crippen LogP contribution in [-0.4, -0.2) is 17.5 Å². The topological polar surface area (TPSA) is 72.8 Å². The molecule has 0 radical (unpaired) electrons. The summed E-state index contributed by atoms with van der Waals surface area (Å²) in [5, 5.41) is 9.11. The maximum Gasteiger partial charge on any atom is 0.343 e. The van der Waals surface area contributed by atoms with E-state index in [2.05, 4.69) is 4.74 Å². The molecule has 0 saturated carbocycles. The van der Waals surface area contributed by atoms with Gasteiger partial charge in [0.15, 0.2) is 0 Å². The first-order chi connectivity index (χ1) is 9.19. The molecule has 0 aromatic heterocycles. The van der Waals surface area contributed by atoms with Gasteiger partial charge in [-0.1, -0.05) is 0 Å². The van der Waals surface area contributed by atoms with E-state index in [1.165, 1.54) is 48.5 Å². The van der Waals surface area contributed by atoms with Crippen molar-refractivity contribution in [2.24, 2.45) is 0 Å². The lowest BCUT2D eigenvalue weighted by Crippen LogP contribution is -2.08. The fourth-order valence-electron chi connectivity index (χ4n) is 1.41. The number of rotatable bonds is 4. The fourth-order valence-corrected chi connectivity index (χ4v) is 1.41. The van der Waals surface area contributed by atoms with Crippen LogP contribution in [0.4, 0.5) is 0 Å². The molecule has 19 heavy (non-hydrogen) atoms. The van der Waals surface area contributed by atoms with E-state index < -0.39 is 5.97 Å². The number of hydrogen-bond donors (Lipinski definition) is 1. The molecule has 5 nitrogen and oxygen atoms in total. The number of aromatic hydroxyl groups is 1. The zero-order chi connectivity index (χ0) is 13.7. The first kappa shape index (κ1) is 12.6. The van der Waals surface area contributed by atoms with Crippen LogP contribution in [-0.2, 0) is 4.79 Å². The van der Waals surface area contributed by atoms with E-state index >= 15 is 0 Å². The Morgan fingerprint density at radius 2 is 1.53 bits per heavy atom. The van der Waals surface area contributed by atoms with Gasteiger partial charge in [0, 0.05) is 0 Å². The number of phenolic OH excluding ortho intramolecular Hbond substituents is 1. The number of benzene rings is 2. The quantitative estimate of drug-likeness (QED) is 0.516. The van der Waals surface area contributed by atoms with Gasteiger partial charge >= 0.3 is 5.97 Å². The predicted molar refractivity (Wildman–Crippen MR) is 66.2 cm³/mol. The van der Waals surface area contributed by atoms with Gasteiger partial charge in [-0.2, -0.15) is 0 Å². The Kier molecular flexibility index (Phi) is 3.78. The van der Waals surface area contributed by atoms with Gasteiger partial charge in [-0.05, 0) is 48.5 Å². The second-order valence-electron chi connectivity index (χ2n) is 3.62. The third kappa shape index (κ3) is 3.32. The largest absolute Gasteiger partial charge is 0.508 e. The molecule has 0 atom stereocenters. The summed E-state index contributed by atoms with van der Waals surface area (Å²) in [7, 11) is 0. The maximum absolute atomic E-state index is 11.7. The summed E-state index contributed by atoms with van der Waals surface area (Å²) in [5.41, 5.74) is 0.325. The average molecular weight is 258 g/mol. The molecular weight excluding hydrogens is 248 g/mol. The number of carbonyl (C=O) groups is 2. The van der Waals surface area contributed by atoms with E-state index in [4.69, 9.17) is 9.84 Å². The Hall–Kier alpha value is -2.82. The van der Waals surface area contributed by atoms with Crippen molar-refractivity contribution in [3.8, 4) is 17.2 Å². The van der Waals surface area contributed by atoms with E-state index in [9.17, 15) is 9.59 Å². The molecule has 5 heteroatoms. The summed E-state index contributed by atoms with van der Waals surface area (Å²) in [6.45, 7) is 0.317. The molecule has 2 aromatic carbocycles. The molecule has 0 bridgehead atoms. The lowest BCUT2D eigenvalue weighted by atomic mass is 10.2. The van der Waals surface area contributed by atoms with Gasteiger partial charge in [0.25, 0.3) is 6.47 Å². The van der Waals surface area contributed by atoms with Crippen molar-refractivity contribution >= 4 is 12.4 Å². The van der Waals surface area contributed by atoms with Gasteiger partial charge in [0.05, 0.1) is 5.56 Å². The summed E-state index contributed by atoms with van der Waals surface area (Å²) in [5.74, 6) is 0.228. The van der Waals surface area contributed by atoms with E-state index in [-0.39, 0.29) is 5.75 Å². The summed E-state index contributed by atoms with van der Waals surface area (Å²) >= 11 is 0. The molecular formula is C14H10O5. The third-order valence-electron chi connectivity index (χ3n) is 2.32. The minimum absolute atomic E-state index is 0.0758. The molecule has 0 aliphatic carbocycles. The predicted octanol–water partition coefficient (Wildman–Crippen LogP) is 2.15. The Morgan fingerprint density at radius 3 is 2.11 bits per heavy atom. The molecule has 96 valence electrons. The van der Waals surface area contributed by atoms with E-state index in [1.54, 1.807) is 0 Å².